The first-order chi connectivity index (χ1) is 15.2. The van der Waals surface area contributed by atoms with E-state index in [1.54, 1.807) is 7.05 Å². The highest BCUT2D eigenvalue weighted by atomic mass is 35.5. The molecule has 1 fully saturated rings. The molecule has 1 aromatic carbocycles. The molecule has 2 aromatic rings. The van der Waals surface area contributed by atoms with Crippen molar-refractivity contribution in [3.05, 3.63) is 40.5 Å². The van der Waals surface area contributed by atoms with E-state index in [9.17, 15) is 13.2 Å². The van der Waals surface area contributed by atoms with Crippen LogP contribution in [0.5, 0.6) is 0 Å². The van der Waals surface area contributed by atoms with Crippen molar-refractivity contribution in [2.45, 2.75) is 25.3 Å². The van der Waals surface area contributed by atoms with Crippen LogP contribution in [-0.4, -0.2) is 74.3 Å². The predicted octanol–water partition coefficient (Wildman–Crippen LogP) is 2.05. The Balaban J connectivity index is 1.69. The highest BCUT2D eigenvalue weighted by molar-refractivity contribution is 7.89. The third-order valence-electron chi connectivity index (χ3n) is 5.33. The average Bonchev–Trinajstić information content (AvgIpc) is 3.18. The van der Waals surface area contributed by atoms with Crippen molar-refractivity contribution in [1.29, 1.82) is 0 Å². The summed E-state index contributed by atoms with van der Waals surface area (Å²) in [5, 5.41) is 7.29. The van der Waals surface area contributed by atoms with Gasteiger partial charge in [-0.1, -0.05) is 17.7 Å². The summed E-state index contributed by atoms with van der Waals surface area (Å²) < 4.78 is 34.6. The van der Waals surface area contributed by atoms with E-state index in [1.807, 2.05) is 32.0 Å². The molecule has 0 spiro atoms. The number of ether oxygens (including phenoxy) is 1. The molecule has 3 rings (SSSR count). The van der Waals surface area contributed by atoms with Gasteiger partial charge in [0.2, 0.25) is 5.03 Å². The van der Waals surface area contributed by atoms with E-state index in [1.165, 1.54) is 15.2 Å². The molecule has 0 saturated carbocycles. The van der Waals surface area contributed by atoms with Gasteiger partial charge < -0.3 is 15.0 Å². The van der Waals surface area contributed by atoms with Crippen LogP contribution in [0.2, 0.25) is 5.02 Å². The number of rotatable bonds is 9. The van der Waals surface area contributed by atoms with Crippen LogP contribution in [0.1, 0.15) is 29.3 Å². The first-order valence-electron chi connectivity index (χ1n) is 10.6. The van der Waals surface area contributed by atoms with Crippen molar-refractivity contribution in [3.8, 4) is 0 Å². The van der Waals surface area contributed by atoms with Crippen molar-refractivity contribution in [1.82, 2.24) is 19.4 Å². The molecule has 1 amide bonds. The highest BCUT2D eigenvalue weighted by Crippen LogP contribution is 2.27. The van der Waals surface area contributed by atoms with Crippen LogP contribution < -0.4 is 10.2 Å². The fraction of sp³-hybridized carbons (Fsp3) is 0.524. The standard InChI is InChI=1S/C21H30ClN5O4S/c1-4-31-13-5-8-23-20(28)18-15-25(3)24-21(18)32(29,30)27-11-9-26(10-12-27)19-14-17(22)7-6-16(19)2/h6-7,14-15H,4-5,8-13H2,1-3H3,(H,23,28). The maximum absolute atomic E-state index is 13.3. The Morgan fingerprint density at radius 3 is 2.66 bits per heavy atom. The topological polar surface area (TPSA) is 96.8 Å². The Morgan fingerprint density at radius 1 is 1.25 bits per heavy atom. The normalized spacial score (nSPS) is 15.2. The molecule has 1 aliphatic rings. The molecule has 0 atom stereocenters. The number of anilines is 1. The largest absolute Gasteiger partial charge is 0.382 e. The summed E-state index contributed by atoms with van der Waals surface area (Å²) in [7, 11) is -2.31. The van der Waals surface area contributed by atoms with Crippen molar-refractivity contribution < 1.29 is 17.9 Å². The van der Waals surface area contributed by atoms with Gasteiger partial charge in [0.1, 0.15) is 0 Å². The summed E-state index contributed by atoms with van der Waals surface area (Å²) in [5.41, 5.74) is 2.13. The van der Waals surface area contributed by atoms with Gasteiger partial charge in [-0.2, -0.15) is 9.40 Å². The number of nitrogens with zero attached hydrogens (tertiary/aromatic N) is 4. The van der Waals surface area contributed by atoms with Gasteiger partial charge in [-0.25, -0.2) is 8.42 Å². The Kier molecular flexibility index (Phi) is 8.16. The van der Waals surface area contributed by atoms with Crippen LogP contribution in [0.3, 0.4) is 0 Å². The van der Waals surface area contributed by atoms with Crippen LogP contribution in [0.25, 0.3) is 0 Å². The lowest BCUT2D eigenvalue weighted by Gasteiger charge is -2.35. The lowest BCUT2D eigenvalue weighted by molar-refractivity contribution is 0.0940. The molecule has 1 saturated heterocycles. The van der Waals surface area contributed by atoms with Crippen LogP contribution in [0.15, 0.2) is 29.4 Å². The maximum Gasteiger partial charge on any atom is 0.263 e. The zero-order valence-corrected chi connectivity index (χ0v) is 20.2. The summed E-state index contributed by atoms with van der Waals surface area (Å²) in [6, 6.07) is 5.69. The van der Waals surface area contributed by atoms with Gasteiger partial charge in [0.15, 0.2) is 0 Å². The lowest BCUT2D eigenvalue weighted by atomic mass is 10.1. The third-order valence-corrected chi connectivity index (χ3v) is 7.40. The second-order valence-electron chi connectivity index (χ2n) is 7.65. The van der Waals surface area contributed by atoms with E-state index in [-0.39, 0.29) is 10.6 Å². The van der Waals surface area contributed by atoms with Gasteiger partial charge >= 0.3 is 0 Å². The van der Waals surface area contributed by atoms with E-state index < -0.39 is 15.9 Å². The molecule has 0 unspecified atom stereocenters. The van der Waals surface area contributed by atoms with Crippen LogP contribution in [0.4, 0.5) is 5.69 Å². The minimum Gasteiger partial charge on any atom is -0.382 e. The number of hydrogen-bond acceptors (Lipinski definition) is 6. The highest BCUT2D eigenvalue weighted by Gasteiger charge is 2.34. The minimum absolute atomic E-state index is 0.0528. The van der Waals surface area contributed by atoms with E-state index in [0.29, 0.717) is 57.4 Å². The first kappa shape index (κ1) is 24.5. The summed E-state index contributed by atoms with van der Waals surface area (Å²) >= 11 is 6.14. The Hall–Kier alpha value is -2.14. The van der Waals surface area contributed by atoms with Gasteiger partial charge in [0, 0.05) is 69.9 Å². The Morgan fingerprint density at radius 2 is 1.97 bits per heavy atom. The molecule has 0 bridgehead atoms. The average molecular weight is 484 g/mol. The third kappa shape index (κ3) is 5.61. The monoisotopic (exact) mass is 483 g/mol. The number of carbonyl (C=O) groups excluding carboxylic acids is 1. The van der Waals surface area contributed by atoms with Gasteiger partial charge in [-0.15, -0.1) is 0 Å². The van der Waals surface area contributed by atoms with Gasteiger partial charge in [-0.3, -0.25) is 9.48 Å². The number of carbonyl (C=O) groups is 1. The fourth-order valence-corrected chi connectivity index (χ4v) is 5.36. The Bertz CT molecular complexity index is 1050. The number of aromatic nitrogens is 2. The zero-order chi connectivity index (χ0) is 23.3. The molecule has 0 radical (unpaired) electrons. The van der Waals surface area contributed by atoms with E-state index in [4.69, 9.17) is 16.3 Å². The lowest BCUT2D eigenvalue weighted by Crippen LogP contribution is -2.49. The van der Waals surface area contributed by atoms with Gasteiger partial charge in [0.25, 0.3) is 15.9 Å². The van der Waals surface area contributed by atoms with Crippen molar-refractivity contribution in [3.63, 3.8) is 0 Å². The van der Waals surface area contributed by atoms with Crippen molar-refractivity contribution in [2.75, 3.05) is 50.8 Å². The van der Waals surface area contributed by atoms with Gasteiger partial charge in [0.05, 0.1) is 5.56 Å². The molecular weight excluding hydrogens is 454 g/mol. The van der Waals surface area contributed by atoms with E-state index in [2.05, 4.69) is 15.3 Å². The molecule has 0 aliphatic carbocycles. The molecule has 32 heavy (non-hydrogen) atoms. The van der Waals surface area contributed by atoms with Crippen molar-refractivity contribution >= 4 is 33.2 Å². The molecule has 9 nitrogen and oxygen atoms in total. The van der Waals surface area contributed by atoms with Crippen LogP contribution in [0, 0.1) is 6.92 Å². The number of aryl methyl sites for hydroxylation is 2. The molecule has 1 aliphatic heterocycles. The second kappa shape index (κ2) is 10.7. The SMILES string of the molecule is CCOCCCNC(=O)c1cn(C)nc1S(=O)(=O)N1CCN(c2cc(Cl)ccc2C)CC1. The first-order valence-corrected chi connectivity index (χ1v) is 12.5. The quantitative estimate of drug-likeness (QED) is 0.548. The van der Waals surface area contributed by atoms with Gasteiger partial charge in [-0.05, 0) is 38.0 Å². The second-order valence-corrected chi connectivity index (χ2v) is 9.94. The molecule has 2 heterocycles. The van der Waals surface area contributed by atoms with E-state index in [0.717, 1.165) is 11.3 Å². The van der Waals surface area contributed by atoms with Crippen LogP contribution >= 0.6 is 11.6 Å². The summed E-state index contributed by atoms with van der Waals surface area (Å²) in [5.74, 6) is -0.457. The maximum atomic E-state index is 13.3. The number of nitrogens with one attached hydrogen (secondary N) is 1. The van der Waals surface area contributed by atoms with Crippen LogP contribution in [-0.2, 0) is 21.8 Å². The Labute approximate surface area is 194 Å². The minimum atomic E-state index is -3.92. The number of halogens is 1. The predicted molar refractivity (Wildman–Crippen MR) is 124 cm³/mol. The molecule has 1 N–H and O–H groups in total. The summed E-state index contributed by atoms with van der Waals surface area (Å²) in [6.45, 7) is 7.07. The number of hydrogen-bond donors (Lipinski definition) is 1. The molecule has 176 valence electrons. The number of benzene rings is 1. The fourth-order valence-electron chi connectivity index (χ4n) is 3.64. The number of piperazine rings is 1. The number of amides is 1. The molecular formula is C21H30ClN5O4S. The summed E-state index contributed by atoms with van der Waals surface area (Å²) in [4.78, 5) is 14.8. The smallest absolute Gasteiger partial charge is 0.263 e. The number of sulfonamides is 1. The van der Waals surface area contributed by atoms with Crippen molar-refractivity contribution in [2.24, 2.45) is 7.05 Å². The van der Waals surface area contributed by atoms with E-state index >= 15 is 0 Å². The molecule has 1 aromatic heterocycles. The summed E-state index contributed by atoms with van der Waals surface area (Å²) in [6.07, 6.45) is 2.09. The molecule has 11 heteroatoms. The zero-order valence-electron chi connectivity index (χ0n) is 18.7.